The topological polar surface area (TPSA) is 55.0 Å². The molecule has 0 aliphatic rings. The number of anilines is 1. The van der Waals surface area contributed by atoms with Crippen molar-refractivity contribution in [3.63, 3.8) is 0 Å². The molecule has 0 aromatic carbocycles. The molecule has 0 spiro atoms. The van der Waals surface area contributed by atoms with Crippen molar-refractivity contribution in [2.45, 2.75) is 19.1 Å². The molecule has 0 unspecified atom stereocenters. The summed E-state index contributed by atoms with van der Waals surface area (Å²) < 4.78 is 35.9. The van der Waals surface area contributed by atoms with Gasteiger partial charge in [0.2, 0.25) is 0 Å². The molecule has 0 saturated heterocycles. The van der Waals surface area contributed by atoms with E-state index in [1.807, 2.05) is 0 Å². The standard InChI is InChI=1S/C9H13F3N4/c1-16(3-2-9(10,11)12)8-6-14-7(4-13)5-15-8/h5-6H,2-4,13H2,1H3. The highest BCUT2D eigenvalue weighted by atomic mass is 19.4. The summed E-state index contributed by atoms with van der Waals surface area (Å²) in [4.78, 5) is 9.32. The van der Waals surface area contributed by atoms with E-state index in [2.05, 4.69) is 9.97 Å². The Hall–Kier alpha value is -1.37. The Bertz CT molecular complexity index is 323. The van der Waals surface area contributed by atoms with Crippen LogP contribution in [0.5, 0.6) is 0 Å². The monoisotopic (exact) mass is 234 g/mol. The van der Waals surface area contributed by atoms with E-state index in [1.165, 1.54) is 24.3 Å². The summed E-state index contributed by atoms with van der Waals surface area (Å²) in [6.07, 6.45) is -2.15. The lowest BCUT2D eigenvalue weighted by atomic mass is 10.4. The van der Waals surface area contributed by atoms with Crippen molar-refractivity contribution in [1.29, 1.82) is 0 Å². The predicted molar refractivity (Wildman–Crippen MR) is 53.9 cm³/mol. The number of hydrogen-bond donors (Lipinski definition) is 1. The van der Waals surface area contributed by atoms with Crippen molar-refractivity contribution < 1.29 is 13.2 Å². The van der Waals surface area contributed by atoms with E-state index >= 15 is 0 Å². The summed E-state index contributed by atoms with van der Waals surface area (Å²) in [6.45, 7) is 0.125. The minimum atomic E-state index is -4.15. The summed E-state index contributed by atoms with van der Waals surface area (Å²) in [5, 5.41) is 0. The molecule has 0 bridgehead atoms. The van der Waals surface area contributed by atoms with Gasteiger partial charge in [-0.3, -0.25) is 4.98 Å². The van der Waals surface area contributed by atoms with Crippen LogP contribution in [-0.2, 0) is 6.54 Å². The molecular formula is C9H13F3N4. The third-order valence-corrected chi connectivity index (χ3v) is 2.02. The molecule has 90 valence electrons. The summed E-state index contributed by atoms with van der Waals surface area (Å²) >= 11 is 0. The first-order chi connectivity index (χ1) is 7.42. The van der Waals surface area contributed by atoms with Gasteiger partial charge in [0.15, 0.2) is 0 Å². The van der Waals surface area contributed by atoms with Crippen LogP contribution in [0.4, 0.5) is 19.0 Å². The molecule has 1 aromatic heterocycles. The highest BCUT2D eigenvalue weighted by Crippen LogP contribution is 2.20. The van der Waals surface area contributed by atoms with E-state index in [0.29, 0.717) is 11.5 Å². The van der Waals surface area contributed by atoms with Crippen LogP contribution in [0.1, 0.15) is 12.1 Å². The van der Waals surface area contributed by atoms with Gasteiger partial charge in [0.05, 0.1) is 24.5 Å². The van der Waals surface area contributed by atoms with Gasteiger partial charge in [-0.25, -0.2) is 4.98 Å². The summed E-state index contributed by atoms with van der Waals surface area (Å²) in [6, 6.07) is 0. The number of halogens is 3. The molecular weight excluding hydrogens is 221 g/mol. The molecule has 2 N–H and O–H groups in total. The van der Waals surface area contributed by atoms with Crippen LogP contribution in [-0.4, -0.2) is 29.7 Å². The van der Waals surface area contributed by atoms with E-state index in [9.17, 15) is 13.2 Å². The Labute approximate surface area is 91.3 Å². The van der Waals surface area contributed by atoms with Gasteiger partial charge in [-0.1, -0.05) is 0 Å². The van der Waals surface area contributed by atoms with E-state index < -0.39 is 12.6 Å². The van der Waals surface area contributed by atoms with Gasteiger partial charge in [-0.2, -0.15) is 13.2 Å². The van der Waals surface area contributed by atoms with Gasteiger partial charge in [-0.15, -0.1) is 0 Å². The van der Waals surface area contributed by atoms with Gasteiger partial charge >= 0.3 is 6.18 Å². The molecule has 0 fully saturated rings. The minimum absolute atomic E-state index is 0.139. The third-order valence-electron chi connectivity index (χ3n) is 2.02. The largest absolute Gasteiger partial charge is 0.390 e. The Morgan fingerprint density at radius 3 is 2.44 bits per heavy atom. The van der Waals surface area contributed by atoms with Gasteiger partial charge in [0.25, 0.3) is 0 Å². The highest BCUT2D eigenvalue weighted by molar-refractivity contribution is 5.34. The van der Waals surface area contributed by atoms with Crippen molar-refractivity contribution in [3.8, 4) is 0 Å². The van der Waals surface area contributed by atoms with Crippen LogP contribution < -0.4 is 10.6 Å². The fourth-order valence-electron chi connectivity index (χ4n) is 1.06. The molecule has 0 atom stereocenters. The summed E-state index contributed by atoms with van der Waals surface area (Å²) in [7, 11) is 1.54. The lowest BCUT2D eigenvalue weighted by molar-refractivity contribution is -0.132. The van der Waals surface area contributed by atoms with Crippen molar-refractivity contribution in [2.75, 3.05) is 18.5 Å². The normalized spacial score (nSPS) is 11.6. The third kappa shape index (κ3) is 4.01. The Balaban J connectivity index is 2.56. The average molecular weight is 234 g/mol. The first-order valence-corrected chi connectivity index (χ1v) is 4.71. The smallest absolute Gasteiger partial charge is 0.358 e. The maximum absolute atomic E-state index is 12.0. The van der Waals surface area contributed by atoms with Gasteiger partial charge < -0.3 is 10.6 Å². The van der Waals surface area contributed by atoms with Crippen molar-refractivity contribution in [2.24, 2.45) is 5.73 Å². The summed E-state index contributed by atoms with van der Waals surface area (Å²) in [5.74, 6) is 0.404. The molecule has 0 amide bonds. The van der Waals surface area contributed by atoms with E-state index in [-0.39, 0.29) is 13.1 Å². The number of rotatable bonds is 4. The zero-order chi connectivity index (χ0) is 12.2. The average Bonchev–Trinajstić information content (AvgIpc) is 2.25. The van der Waals surface area contributed by atoms with Crippen LogP contribution >= 0.6 is 0 Å². The van der Waals surface area contributed by atoms with Crippen LogP contribution in [0, 0.1) is 0 Å². The Kier molecular flexibility index (Phi) is 4.05. The van der Waals surface area contributed by atoms with Gasteiger partial charge in [0.1, 0.15) is 5.82 Å². The quantitative estimate of drug-likeness (QED) is 0.853. The molecule has 0 radical (unpaired) electrons. The van der Waals surface area contributed by atoms with Crippen LogP contribution in [0.2, 0.25) is 0 Å². The zero-order valence-corrected chi connectivity index (χ0v) is 8.83. The summed E-state index contributed by atoms with van der Waals surface area (Å²) in [5.41, 5.74) is 5.93. The molecule has 7 heteroatoms. The number of aromatic nitrogens is 2. The van der Waals surface area contributed by atoms with E-state index in [0.717, 1.165) is 0 Å². The Morgan fingerprint density at radius 1 is 1.31 bits per heavy atom. The van der Waals surface area contributed by atoms with Gasteiger partial charge in [-0.05, 0) is 0 Å². The maximum atomic E-state index is 12.0. The predicted octanol–water partition coefficient (Wildman–Crippen LogP) is 1.32. The molecule has 0 aliphatic carbocycles. The zero-order valence-electron chi connectivity index (χ0n) is 8.83. The fraction of sp³-hybridized carbons (Fsp3) is 0.556. The second-order valence-electron chi connectivity index (χ2n) is 3.36. The number of alkyl halides is 3. The van der Waals surface area contributed by atoms with Crippen LogP contribution in [0.3, 0.4) is 0 Å². The van der Waals surface area contributed by atoms with Crippen molar-refractivity contribution in [1.82, 2.24) is 9.97 Å². The number of nitrogens with zero attached hydrogens (tertiary/aromatic N) is 3. The lowest BCUT2D eigenvalue weighted by Gasteiger charge is -2.18. The number of nitrogens with two attached hydrogens (primary N) is 1. The molecule has 1 aromatic rings. The second kappa shape index (κ2) is 5.11. The first-order valence-electron chi connectivity index (χ1n) is 4.71. The van der Waals surface area contributed by atoms with E-state index in [4.69, 9.17) is 5.73 Å². The molecule has 0 saturated carbocycles. The van der Waals surface area contributed by atoms with Crippen LogP contribution in [0.15, 0.2) is 12.4 Å². The minimum Gasteiger partial charge on any atom is -0.358 e. The van der Waals surface area contributed by atoms with Crippen molar-refractivity contribution in [3.05, 3.63) is 18.1 Å². The molecule has 1 rings (SSSR count). The molecule has 0 aliphatic heterocycles. The van der Waals surface area contributed by atoms with Crippen molar-refractivity contribution >= 4 is 5.82 Å². The lowest BCUT2D eigenvalue weighted by Crippen LogP contribution is -2.25. The highest BCUT2D eigenvalue weighted by Gasteiger charge is 2.27. The Morgan fingerprint density at radius 2 is 2.00 bits per heavy atom. The maximum Gasteiger partial charge on any atom is 0.390 e. The molecule has 1 heterocycles. The molecule has 16 heavy (non-hydrogen) atoms. The van der Waals surface area contributed by atoms with Crippen LogP contribution in [0.25, 0.3) is 0 Å². The van der Waals surface area contributed by atoms with E-state index in [1.54, 1.807) is 0 Å². The fourth-order valence-corrected chi connectivity index (χ4v) is 1.06. The molecule has 4 nitrogen and oxygen atoms in total. The second-order valence-corrected chi connectivity index (χ2v) is 3.36. The SMILES string of the molecule is CN(CCC(F)(F)F)c1cnc(CN)cn1. The van der Waals surface area contributed by atoms with Gasteiger partial charge in [0, 0.05) is 20.1 Å². The number of hydrogen-bond acceptors (Lipinski definition) is 4. The first kappa shape index (κ1) is 12.7.